The average molecular weight is 398 g/mol. The summed E-state index contributed by atoms with van der Waals surface area (Å²) in [4.78, 5) is 2.47. The maximum absolute atomic E-state index is 5.77. The van der Waals surface area contributed by atoms with E-state index in [4.69, 9.17) is 4.74 Å². The van der Waals surface area contributed by atoms with Crippen molar-refractivity contribution >= 4 is 0 Å². The molecule has 0 rings (SSSR count). The van der Waals surface area contributed by atoms with Crippen LogP contribution >= 0.6 is 0 Å². The number of ether oxygens (including phenoxy) is 1. The van der Waals surface area contributed by atoms with Crippen molar-refractivity contribution in [1.82, 2.24) is 4.90 Å². The number of hydrogen-bond donors (Lipinski definition) is 0. The van der Waals surface area contributed by atoms with Crippen LogP contribution in [-0.2, 0) is 4.74 Å². The molecule has 0 aromatic rings. The van der Waals surface area contributed by atoms with Crippen LogP contribution in [0.3, 0.4) is 0 Å². The van der Waals surface area contributed by atoms with Gasteiger partial charge in [-0.2, -0.15) is 0 Å². The lowest BCUT2D eigenvalue weighted by atomic mass is 10.0. The van der Waals surface area contributed by atoms with E-state index in [2.05, 4.69) is 25.7 Å². The summed E-state index contributed by atoms with van der Waals surface area (Å²) in [7, 11) is 0. The smallest absolute Gasteiger partial charge is 0.0478 e. The molecule has 0 N–H and O–H groups in total. The first-order valence-electron chi connectivity index (χ1n) is 13.1. The van der Waals surface area contributed by atoms with Crippen LogP contribution in [0.2, 0.25) is 0 Å². The zero-order valence-electron chi connectivity index (χ0n) is 20.1. The van der Waals surface area contributed by atoms with Crippen molar-refractivity contribution < 1.29 is 4.74 Å². The molecule has 0 aromatic heterocycles. The van der Waals surface area contributed by atoms with E-state index in [1.165, 1.54) is 122 Å². The van der Waals surface area contributed by atoms with Gasteiger partial charge in [0.1, 0.15) is 0 Å². The molecule has 0 unspecified atom stereocenters. The third-order valence-electron chi connectivity index (χ3n) is 6.05. The molecule has 0 amide bonds. The van der Waals surface area contributed by atoms with Crippen molar-refractivity contribution in [3.8, 4) is 0 Å². The van der Waals surface area contributed by atoms with Crippen molar-refractivity contribution in [3.05, 3.63) is 0 Å². The highest BCUT2D eigenvalue weighted by Gasteiger charge is 1.98. The molecule has 0 heterocycles. The first-order chi connectivity index (χ1) is 13.8. The van der Waals surface area contributed by atoms with E-state index in [0.717, 1.165) is 26.3 Å². The summed E-state index contributed by atoms with van der Waals surface area (Å²) < 4.78 is 5.77. The lowest BCUT2D eigenvalue weighted by Gasteiger charge is -2.17. The second-order valence-corrected chi connectivity index (χ2v) is 8.65. The van der Waals surface area contributed by atoms with Crippen molar-refractivity contribution in [1.29, 1.82) is 0 Å². The predicted molar refractivity (Wildman–Crippen MR) is 127 cm³/mol. The van der Waals surface area contributed by atoms with Gasteiger partial charge in [0.15, 0.2) is 0 Å². The van der Waals surface area contributed by atoms with E-state index in [-0.39, 0.29) is 0 Å². The number of rotatable bonds is 24. The van der Waals surface area contributed by atoms with Gasteiger partial charge in [-0.3, -0.25) is 0 Å². The van der Waals surface area contributed by atoms with Gasteiger partial charge in [0.2, 0.25) is 0 Å². The molecule has 0 saturated carbocycles. The molecule has 2 heteroatoms. The quantitative estimate of drug-likeness (QED) is 0.152. The Morgan fingerprint density at radius 2 is 0.786 bits per heavy atom. The molecule has 0 aliphatic rings. The third-order valence-corrected chi connectivity index (χ3v) is 6.05. The summed E-state index contributed by atoms with van der Waals surface area (Å²) in [5, 5.41) is 0. The molecule has 28 heavy (non-hydrogen) atoms. The summed E-state index contributed by atoms with van der Waals surface area (Å²) in [6.45, 7) is 12.2. The van der Waals surface area contributed by atoms with E-state index < -0.39 is 0 Å². The lowest BCUT2D eigenvalue weighted by Crippen LogP contribution is -2.24. The van der Waals surface area contributed by atoms with Gasteiger partial charge in [0, 0.05) is 19.8 Å². The van der Waals surface area contributed by atoms with Gasteiger partial charge < -0.3 is 9.64 Å². The number of unbranched alkanes of at least 4 members (excludes halogenated alkanes) is 16. The average Bonchev–Trinajstić information content (AvgIpc) is 2.72. The number of nitrogens with zero attached hydrogens (tertiary/aromatic N) is 1. The number of hydrogen-bond acceptors (Lipinski definition) is 2. The predicted octanol–water partition coefficient (Wildman–Crippen LogP) is 8.39. The maximum Gasteiger partial charge on any atom is 0.0478 e. The zero-order chi connectivity index (χ0) is 20.5. The van der Waals surface area contributed by atoms with E-state index in [1.807, 2.05) is 0 Å². The molecule has 0 bridgehead atoms. The molecule has 0 radical (unpaired) electrons. The lowest BCUT2D eigenvalue weighted by molar-refractivity contribution is 0.118. The van der Waals surface area contributed by atoms with Crippen molar-refractivity contribution in [2.24, 2.45) is 0 Å². The molecule has 0 fully saturated rings. The van der Waals surface area contributed by atoms with Crippen LogP contribution in [0.4, 0.5) is 0 Å². The van der Waals surface area contributed by atoms with Gasteiger partial charge in [-0.05, 0) is 25.9 Å². The van der Waals surface area contributed by atoms with Crippen molar-refractivity contribution in [3.63, 3.8) is 0 Å². The van der Waals surface area contributed by atoms with Crippen LogP contribution in [-0.4, -0.2) is 37.7 Å². The van der Waals surface area contributed by atoms with Gasteiger partial charge >= 0.3 is 0 Å². The van der Waals surface area contributed by atoms with Crippen LogP contribution in [0.1, 0.15) is 136 Å². The molecular formula is C26H55NO. The van der Waals surface area contributed by atoms with Gasteiger partial charge in [0.25, 0.3) is 0 Å². The van der Waals surface area contributed by atoms with E-state index >= 15 is 0 Å². The van der Waals surface area contributed by atoms with Gasteiger partial charge in [-0.1, -0.05) is 124 Å². The van der Waals surface area contributed by atoms with E-state index in [0.29, 0.717) is 0 Å². The second-order valence-electron chi connectivity index (χ2n) is 8.65. The molecule has 170 valence electrons. The van der Waals surface area contributed by atoms with Crippen molar-refractivity contribution in [2.45, 2.75) is 136 Å². The Hall–Kier alpha value is -0.0800. The zero-order valence-corrected chi connectivity index (χ0v) is 20.1. The Balaban J connectivity index is 3.03. The minimum atomic E-state index is 0.940. The SMILES string of the molecule is CCCCCCCCCCCCCCCCCCCOCCCN(CC)CC. The largest absolute Gasteiger partial charge is 0.381 e. The molecule has 0 aliphatic heterocycles. The fraction of sp³-hybridized carbons (Fsp3) is 1.00. The van der Waals surface area contributed by atoms with E-state index in [9.17, 15) is 0 Å². The molecule has 0 atom stereocenters. The van der Waals surface area contributed by atoms with Crippen LogP contribution < -0.4 is 0 Å². The minimum absolute atomic E-state index is 0.940. The standard InChI is InChI=1S/C26H55NO/c1-4-7-8-9-10-11-12-13-14-15-16-17-18-19-20-21-22-25-28-26-23-24-27(5-2)6-3/h4-26H2,1-3H3. The fourth-order valence-corrected chi connectivity index (χ4v) is 3.96. The Bertz CT molecular complexity index is 265. The monoisotopic (exact) mass is 397 g/mol. The summed E-state index contributed by atoms with van der Waals surface area (Å²) in [6, 6.07) is 0. The fourth-order valence-electron chi connectivity index (χ4n) is 3.96. The summed E-state index contributed by atoms with van der Waals surface area (Å²) in [5.74, 6) is 0. The maximum atomic E-state index is 5.77. The van der Waals surface area contributed by atoms with Crippen molar-refractivity contribution in [2.75, 3.05) is 32.8 Å². The van der Waals surface area contributed by atoms with Crippen LogP contribution in [0, 0.1) is 0 Å². The van der Waals surface area contributed by atoms with Crippen LogP contribution in [0.25, 0.3) is 0 Å². The summed E-state index contributed by atoms with van der Waals surface area (Å²) >= 11 is 0. The first kappa shape index (κ1) is 27.9. The van der Waals surface area contributed by atoms with Gasteiger partial charge in [0.05, 0.1) is 0 Å². The molecule has 0 aliphatic carbocycles. The Morgan fingerprint density at radius 1 is 0.429 bits per heavy atom. The first-order valence-corrected chi connectivity index (χ1v) is 13.1. The summed E-state index contributed by atoms with van der Waals surface area (Å²) in [5.41, 5.74) is 0. The highest BCUT2D eigenvalue weighted by molar-refractivity contribution is 4.52. The summed E-state index contributed by atoms with van der Waals surface area (Å²) in [6.07, 6.45) is 25.6. The Kier molecular flexibility index (Phi) is 24.9. The molecule has 0 saturated heterocycles. The Morgan fingerprint density at radius 3 is 1.18 bits per heavy atom. The van der Waals surface area contributed by atoms with Gasteiger partial charge in [-0.15, -0.1) is 0 Å². The topological polar surface area (TPSA) is 12.5 Å². The van der Waals surface area contributed by atoms with Gasteiger partial charge in [-0.25, -0.2) is 0 Å². The van der Waals surface area contributed by atoms with E-state index in [1.54, 1.807) is 0 Å². The highest BCUT2D eigenvalue weighted by Crippen LogP contribution is 2.14. The second kappa shape index (κ2) is 25.0. The molecule has 0 spiro atoms. The minimum Gasteiger partial charge on any atom is -0.381 e. The molecule has 0 aromatic carbocycles. The molecular weight excluding hydrogens is 342 g/mol. The third kappa shape index (κ3) is 22.2. The van der Waals surface area contributed by atoms with Crippen LogP contribution in [0.15, 0.2) is 0 Å². The Labute approximate surface area is 179 Å². The molecule has 2 nitrogen and oxygen atoms in total. The normalized spacial score (nSPS) is 11.6. The van der Waals surface area contributed by atoms with Crippen LogP contribution in [0.5, 0.6) is 0 Å². The highest BCUT2D eigenvalue weighted by atomic mass is 16.5.